The van der Waals surface area contributed by atoms with E-state index in [4.69, 9.17) is 5.11 Å². The van der Waals surface area contributed by atoms with Gasteiger partial charge in [0.1, 0.15) is 5.70 Å². The van der Waals surface area contributed by atoms with Crippen LogP contribution in [0.5, 0.6) is 0 Å². The highest BCUT2D eigenvalue weighted by Gasteiger charge is 2.30. The maximum absolute atomic E-state index is 12.9. The Hall–Kier alpha value is -3.45. The van der Waals surface area contributed by atoms with Crippen LogP contribution in [-0.2, 0) is 9.59 Å². The number of anilines is 1. The summed E-state index contributed by atoms with van der Waals surface area (Å²) < 4.78 is 0. The van der Waals surface area contributed by atoms with Crippen LogP contribution in [0.3, 0.4) is 0 Å². The molecule has 136 valence electrons. The van der Waals surface area contributed by atoms with Gasteiger partial charge in [-0.1, -0.05) is 17.7 Å². The van der Waals surface area contributed by atoms with Crippen molar-refractivity contribution in [3.8, 4) is 0 Å². The topological polar surface area (TPSA) is 102 Å². The zero-order chi connectivity index (χ0) is 19.1. The molecule has 0 saturated carbocycles. The Balaban J connectivity index is 1.82. The van der Waals surface area contributed by atoms with Gasteiger partial charge >= 0.3 is 0 Å². The molecule has 27 heavy (non-hydrogen) atoms. The zero-order valence-corrected chi connectivity index (χ0v) is 14.6. The highest BCUT2D eigenvalue weighted by atomic mass is 16.3. The lowest BCUT2D eigenvalue weighted by molar-refractivity contribution is -0.137. The number of hydrogen-bond acceptors (Lipinski definition) is 5. The third-order valence-electron chi connectivity index (χ3n) is 4.59. The minimum atomic E-state index is -0.509. The summed E-state index contributed by atoms with van der Waals surface area (Å²) >= 11 is 0. The molecule has 1 aliphatic heterocycles. The lowest BCUT2D eigenvalue weighted by Crippen LogP contribution is -2.34. The quantitative estimate of drug-likeness (QED) is 0.483. The van der Waals surface area contributed by atoms with Crippen LogP contribution < -0.4 is 10.7 Å². The standard InChI is InChI=1S/C20H17N3O4/c1-11-5-6-14-13(9-11)19(26)12-3-2-4-15(18(12)22-14)21-16-10-17(25)23(7-8-24)20(16)27/h2-6,9-10,21,24H,7-8H2,1H3,(H,22,26). The first-order chi connectivity index (χ1) is 13.0. The van der Waals surface area contributed by atoms with Crippen LogP contribution in [0.1, 0.15) is 5.56 Å². The van der Waals surface area contributed by atoms with E-state index in [9.17, 15) is 14.4 Å². The number of aliphatic hydroxyl groups is 1. The average Bonchev–Trinajstić information content (AvgIpc) is 2.91. The minimum absolute atomic E-state index is 0.0598. The van der Waals surface area contributed by atoms with Crippen LogP contribution in [0.4, 0.5) is 5.69 Å². The summed E-state index contributed by atoms with van der Waals surface area (Å²) in [6.07, 6.45) is 1.19. The fourth-order valence-corrected chi connectivity index (χ4v) is 3.27. The Bertz CT molecular complexity index is 1190. The van der Waals surface area contributed by atoms with Crippen LogP contribution >= 0.6 is 0 Å². The Labute approximate surface area is 153 Å². The summed E-state index contributed by atoms with van der Waals surface area (Å²) in [7, 11) is 0. The number of benzene rings is 2. The van der Waals surface area contributed by atoms with Crippen molar-refractivity contribution in [1.82, 2.24) is 9.88 Å². The number of β-amino-alcohol motifs (C(OH)–C–C–N with tert-alkyl or cyclic N) is 1. The SMILES string of the molecule is Cc1ccc2[nH]c3c(NC4=CC(=O)N(CCO)C4=O)cccc3c(=O)c2c1. The Morgan fingerprint density at radius 3 is 2.70 bits per heavy atom. The number of aromatic nitrogens is 1. The molecule has 0 bridgehead atoms. The third kappa shape index (κ3) is 2.78. The van der Waals surface area contributed by atoms with E-state index in [-0.39, 0.29) is 24.3 Å². The van der Waals surface area contributed by atoms with E-state index in [0.29, 0.717) is 27.5 Å². The van der Waals surface area contributed by atoms with Gasteiger partial charge < -0.3 is 15.4 Å². The van der Waals surface area contributed by atoms with Crippen molar-refractivity contribution < 1.29 is 14.7 Å². The molecule has 0 saturated heterocycles. The number of aliphatic hydroxyl groups excluding tert-OH is 1. The van der Waals surface area contributed by atoms with Crippen molar-refractivity contribution in [2.45, 2.75) is 6.92 Å². The van der Waals surface area contributed by atoms with Gasteiger partial charge in [-0.3, -0.25) is 19.3 Å². The van der Waals surface area contributed by atoms with Crippen LogP contribution in [0.25, 0.3) is 21.8 Å². The molecule has 0 spiro atoms. The van der Waals surface area contributed by atoms with E-state index in [1.54, 1.807) is 18.2 Å². The van der Waals surface area contributed by atoms with Crippen molar-refractivity contribution in [1.29, 1.82) is 0 Å². The van der Waals surface area contributed by atoms with Gasteiger partial charge in [0, 0.05) is 22.4 Å². The van der Waals surface area contributed by atoms with Gasteiger partial charge in [-0.15, -0.1) is 0 Å². The first kappa shape index (κ1) is 17.0. The lowest BCUT2D eigenvalue weighted by atomic mass is 10.1. The molecule has 1 aliphatic rings. The highest BCUT2D eigenvalue weighted by molar-refractivity contribution is 6.18. The molecule has 0 radical (unpaired) electrons. The van der Waals surface area contributed by atoms with E-state index in [0.717, 1.165) is 10.5 Å². The monoisotopic (exact) mass is 363 g/mol. The van der Waals surface area contributed by atoms with E-state index >= 15 is 0 Å². The fraction of sp³-hybridized carbons (Fsp3) is 0.150. The van der Waals surface area contributed by atoms with Gasteiger partial charge in [0.15, 0.2) is 5.43 Å². The number of aryl methyl sites for hydroxylation is 1. The molecule has 2 amide bonds. The van der Waals surface area contributed by atoms with Crippen LogP contribution in [0, 0.1) is 6.92 Å². The number of nitrogens with one attached hydrogen (secondary N) is 2. The smallest absolute Gasteiger partial charge is 0.277 e. The average molecular weight is 363 g/mol. The molecule has 2 heterocycles. The van der Waals surface area contributed by atoms with E-state index in [1.807, 2.05) is 25.1 Å². The molecule has 0 unspecified atom stereocenters. The van der Waals surface area contributed by atoms with Crippen molar-refractivity contribution in [2.75, 3.05) is 18.5 Å². The summed E-state index contributed by atoms with van der Waals surface area (Å²) in [5, 5.41) is 13.0. The number of hydrogen-bond donors (Lipinski definition) is 3. The zero-order valence-electron chi connectivity index (χ0n) is 14.6. The molecule has 3 N–H and O–H groups in total. The Kier molecular flexibility index (Phi) is 4.01. The summed E-state index contributed by atoms with van der Waals surface area (Å²) in [4.78, 5) is 41.3. The number of carbonyl (C=O) groups excluding carboxylic acids is 2. The molecule has 4 rings (SSSR count). The number of H-pyrrole nitrogens is 1. The number of para-hydroxylation sites is 1. The first-order valence-electron chi connectivity index (χ1n) is 8.50. The summed E-state index contributed by atoms with van der Waals surface area (Å²) in [5.41, 5.74) is 2.76. The number of carbonyl (C=O) groups is 2. The Morgan fingerprint density at radius 1 is 1.11 bits per heavy atom. The third-order valence-corrected chi connectivity index (χ3v) is 4.59. The van der Waals surface area contributed by atoms with E-state index in [1.165, 1.54) is 6.08 Å². The highest BCUT2D eigenvalue weighted by Crippen LogP contribution is 2.25. The number of fused-ring (bicyclic) bond motifs is 2. The predicted octanol–water partition coefficient (Wildman–Crippen LogP) is 1.65. The summed E-state index contributed by atoms with van der Waals surface area (Å²) in [6.45, 7) is 1.57. The van der Waals surface area contributed by atoms with Gasteiger partial charge in [0.05, 0.1) is 24.4 Å². The van der Waals surface area contributed by atoms with Crippen LogP contribution in [0.2, 0.25) is 0 Å². The van der Waals surface area contributed by atoms with Crippen LogP contribution in [-0.4, -0.2) is 40.0 Å². The molecule has 0 atom stereocenters. The molecule has 7 nitrogen and oxygen atoms in total. The number of pyridine rings is 1. The van der Waals surface area contributed by atoms with E-state index < -0.39 is 11.8 Å². The van der Waals surface area contributed by atoms with Gasteiger partial charge in [0.25, 0.3) is 11.8 Å². The second kappa shape index (κ2) is 6.37. The van der Waals surface area contributed by atoms with Crippen LogP contribution in [0.15, 0.2) is 53.0 Å². The number of imide groups is 1. The second-order valence-electron chi connectivity index (χ2n) is 6.43. The number of nitrogens with zero attached hydrogens (tertiary/aromatic N) is 1. The van der Waals surface area contributed by atoms with Gasteiger partial charge in [-0.05, 0) is 31.2 Å². The maximum Gasteiger partial charge on any atom is 0.277 e. The summed E-state index contributed by atoms with van der Waals surface area (Å²) in [5.74, 6) is -0.990. The molecular weight excluding hydrogens is 346 g/mol. The fourth-order valence-electron chi connectivity index (χ4n) is 3.27. The molecule has 2 aromatic carbocycles. The lowest BCUT2D eigenvalue weighted by Gasteiger charge is -2.14. The van der Waals surface area contributed by atoms with Crippen molar-refractivity contribution in [2.24, 2.45) is 0 Å². The van der Waals surface area contributed by atoms with Gasteiger partial charge in [-0.25, -0.2) is 0 Å². The van der Waals surface area contributed by atoms with Crippen molar-refractivity contribution in [3.63, 3.8) is 0 Å². The maximum atomic E-state index is 12.9. The van der Waals surface area contributed by atoms with Crippen molar-refractivity contribution in [3.05, 3.63) is 64.0 Å². The molecule has 3 aromatic rings. The predicted molar refractivity (Wildman–Crippen MR) is 102 cm³/mol. The number of aromatic amines is 1. The molecular formula is C20H17N3O4. The summed E-state index contributed by atoms with van der Waals surface area (Å²) in [6, 6.07) is 10.8. The van der Waals surface area contributed by atoms with Crippen molar-refractivity contribution >= 4 is 39.3 Å². The van der Waals surface area contributed by atoms with Gasteiger partial charge in [0.2, 0.25) is 0 Å². The molecule has 0 aliphatic carbocycles. The van der Waals surface area contributed by atoms with E-state index in [2.05, 4.69) is 10.3 Å². The largest absolute Gasteiger partial charge is 0.395 e. The van der Waals surface area contributed by atoms with Gasteiger partial charge in [-0.2, -0.15) is 0 Å². The second-order valence-corrected chi connectivity index (χ2v) is 6.43. The number of amides is 2. The number of rotatable bonds is 4. The molecule has 0 fully saturated rings. The molecule has 7 heteroatoms. The first-order valence-corrected chi connectivity index (χ1v) is 8.50. The normalized spacial score (nSPS) is 14.3. The molecule has 1 aromatic heterocycles. The Morgan fingerprint density at radius 2 is 1.93 bits per heavy atom. The minimum Gasteiger partial charge on any atom is -0.395 e.